The maximum absolute atomic E-state index is 12.1. The van der Waals surface area contributed by atoms with Crippen LogP contribution in [0.25, 0.3) is 11.3 Å². The van der Waals surface area contributed by atoms with Gasteiger partial charge in [-0.05, 0) is 55.7 Å². The molecule has 0 fully saturated rings. The molecule has 4 nitrogen and oxygen atoms in total. The summed E-state index contributed by atoms with van der Waals surface area (Å²) in [5, 5.41) is 4.00. The Morgan fingerprint density at radius 1 is 1.07 bits per heavy atom. The van der Waals surface area contributed by atoms with Crippen molar-refractivity contribution in [2.75, 3.05) is 0 Å². The van der Waals surface area contributed by atoms with Crippen LogP contribution in [0.4, 0.5) is 0 Å². The van der Waals surface area contributed by atoms with E-state index in [0.29, 0.717) is 12.2 Å². The first-order valence-corrected chi connectivity index (χ1v) is 9.46. The number of amides is 1. The van der Waals surface area contributed by atoms with Gasteiger partial charge in [0, 0.05) is 10.0 Å². The quantitative estimate of drug-likeness (QED) is 0.444. The first kappa shape index (κ1) is 19.1. The van der Waals surface area contributed by atoms with Crippen LogP contribution < -0.4 is 5.43 Å². The van der Waals surface area contributed by atoms with Crippen LogP contribution >= 0.6 is 15.9 Å². The molecule has 0 aliphatic carbocycles. The highest BCUT2D eigenvalue weighted by Crippen LogP contribution is 2.26. The second-order valence-corrected chi connectivity index (χ2v) is 7.42. The molecule has 0 unspecified atom stereocenters. The molecule has 27 heavy (non-hydrogen) atoms. The number of nitrogens with zero attached hydrogens (tertiary/aromatic N) is 1. The highest BCUT2D eigenvalue weighted by Gasteiger charge is 2.07. The first-order chi connectivity index (χ1) is 12.9. The summed E-state index contributed by atoms with van der Waals surface area (Å²) in [4.78, 5) is 12.1. The first-order valence-electron chi connectivity index (χ1n) is 8.67. The summed E-state index contributed by atoms with van der Waals surface area (Å²) in [7, 11) is 0. The summed E-state index contributed by atoms with van der Waals surface area (Å²) in [6.07, 6.45) is 1.80. The largest absolute Gasteiger partial charge is 0.455 e. The van der Waals surface area contributed by atoms with Gasteiger partial charge in [-0.15, -0.1) is 0 Å². The summed E-state index contributed by atoms with van der Waals surface area (Å²) < 4.78 is 6.81. The Morgan fingerprint density at radius 3 is 2.63 bits per heavy atom. The zero-order valence-electron chi connectivity index (χ0n) is 15.5. The zero-order valence-corrected chi connectivity index (χ0v) is 17.1. The summed E-state index contributed by atoms with van der Waals surface area (Å²) >= 11 is 3.53. The zero-order chi connectivity index (χ0) is 19.4. The van der Waals surface area contributed by atoms with E-state index in [4.69, 9.17) is 4.42 Å². The van der Waals surface area contributed by atoms with Crippen molar-refractivity contribution in [1.29, 1.82) is 0 Å². The Hall–Kier alpha value is -2.66. The minimum atomic E-state index is -0.160. The molecule has 0 radical (unpaired) electrons. The summed E-state index contributed by atoms with van der Waals surface area (Å²) in [6, 6.07) is 15.8. The maximum atomic E-state index is 12.1. The van der Waals surface area contributed by atoms with Gasteiger partial charge in [-0.25, -0.2) is 5.43 Å². The van der Waals surface area contributed by atoms with Crippen LogP contribution in [0.2, 0.25) is 0 Å². The number of nitrogens with one attached hydrogen (secondary N) is 1. The topological polar surface area (TPSA) is 54.6 Å². The highest BCUT2D eigenvalue weighted by atomic mass is 79.9. The number of hydrogen-bond donors (Lipinski definition) is 1. The maximum Gasteiger partial charge on any atom is 0.244 e. The van der Waals surface area contributed by atoms with E-state index in [2.05, 4.69) is 32.5 Å². The molecular formula is C22H21BrN2O2. The van der Waals surface area contributed by atoms with Gasteiger partial charge in [0.25, 0.3) is 0 Å². The van der Waals surface area contributed by atoms with Crippen LogP contribution in [-0.4, -0.2) is 12.1 Å². The van der Waals surface area contributed by atoms with Crippen molar-refractivity contribution in [2.24, 2.45) is 5.10 Å². The molecule has 1 N–H and O–H groups in total. The highest BCUT2D eigenvalue weighted by molar-refractivity contribution is 9.10. The Bertz CT molecular complexity index is 1010. The van der Waals surface area contributed by atoms with Crippen molar-refractivity contribution in [3.8, 4) is 11.3 Å². The van der Waals surface area contributed by atoms with E-state index in [1.807, 2.05) is 63.2 Å². The molecule has 0 saturated carbocycles. The van der Waals surface area contributed by atoms with Crippen molar-refractivity contribution in [1.82, 2.24) is 5.43 Å². The van der Waals surface area contributed by atoms with Crippen molar-refractivity contribution >= 4 is 28.1 Å². The number of carbonyl (C=O) groups excluding carboxylic acids is 1. The predicted octanol–water partition coefficient (Wildman–Crippen LogP) is 5.33. The molecule has 1 heterocycles. The fraction of sp³-hybridized carbons (Fsp3) is 0.182. The lowest BCUT2D eigenvalue weighted by atomic mass is 10.0. The van der Waals surface area contributed by atoms with Crippen LogP contribution in [0, 0.1) is 20.8 Å². The monoisotopic (exact) mass is 424 g/mol. The van der Waals surface area contributed by atoms with E-state index < -0.39 is 0 Å². The van der Waals surface area contributed by atoms with Crippen LogP contribution in [0.3, 0.4) is 0 Å². The molecule has 138 valence electrons. The van der Waals surface area contributed by atoms with E-state index in [1.54, 1.807) is 0 Å². The molecule has 1 amide bonds. The molecular weight excluding hydrogens is 404 g/mol. The molecule has 0 aliphatic heterocycles. The van der Waals surface area contributed by atoms with Crippen molar-refractivity contribution < 1.29 is 9.21 Å². The Kier molecular flexibility index (Phi) is 5.91. The van der Waals surface area contributed by atoms with Crippen molar-refractivity contribution in [3.05, 3.63) is 81.0 Å². The molecule has 0 aliphatic rings. The molecule has 3 aromatic rings. The molecule has 0 atom stereocenters. The molecule has 1 aromatic heterocycles. The normalized spacial score (nSPS) is 11.1. The Labute approximate surface area is 167 Å². The van der Waals surface area contributed by atoms with Crippen molar-refractivity contribution in [2.45, 2.75) is 27.2 Å². The minimum absolute atomic E-state index is 0.160. The fourth-order valence-corrected chi connectivity index (χ4v) is 3.13. The van der Waals surface area contributed by atoms with E-state index in [1.165, 1.54) is 17.3 Å². The summed E-state index contributed by atoms with van der Waals surface area (Å²) in [5.41, 5.74) is 7.98. The molecule has 3 rings (SSSR count). The third kappa shape index (κ3) is 4.95. The van der Waals surface area contributed by atoms with Crippen LogP contribution in [0.5, 0.6) is 0 Å². The molecule has 0 spiro atoms. The number of hydrogen-bond acceptors (Lipinski definition) is 3. The van der Waals surface area contributed by atoms with Gasteiger partial charge in [0.1, 0.15) is 11.5 Å². The lowest BCUT2D eigenvalue weighted by Crippen LogP contribution is -2.20. The van der Waals surface area contributed by atoms with Crippen molar-refractivity contribution in [3.63, 3.8) is 0 Å². The number of carbonyl (C=O) groups is 1. The average Bonchev–Trinajstić information content (AvgIpc) is 3.09. The lowest BCUT2D eigenvalue weighted by Gasteiger charge is -2.05. The second-order valence-electron chi connectivity index (χ2n) is 6.57. The number of benzene rings is 2. The smallest absolute Gasteiger partial charge is 0.244 e. The standard InChI is InChI=1S/C22H21BrN2O2/c1-14-4-6-17(16(3)10-14)12-22(26)25-24-13-19-8-9-21(27-19)18-7-5-15(2)20(23)11-18/h4-11,13H,12H2,1-3H3,(H,25,26)/b24-13-. The number of furan rings is 1. The lowest BCUT2D eigenvalue weighted by molar-refractivity contribution is -0.120. The minimum Gasteiger partial charge on any atom is -0.455 e. The van der Waals surface area contributed by atoms with E-state index in [0.717, 1.165) is 26.9 Å². The molecule has 0 saturated heterocycles. The van der Waals surface area contributed by atoms with Gasteiger partial charge in [-0.3, -0.25) is 4.79 Å². The van der Waals surface area contributed by atoms with Gasteiger partial charge >= 0.3 is 0 Å². The van der Waals surface area contributed by atoms with E-state index in [9.17, 15) is 4.79 Å². The molecule has 0 bridgehead atoms. The van der Waals surface area contributed by atoms with Crippen LogP contribution in [-0.2, 0) is 11.2 Å². The fourth-order valence-electron chi connectivity index (χ4n) is 2.75. The van der Waals surface area contributed by atoms with E-state index in [-0.39, 0.29) is 5.91 Å². The SMILES string of the molecule is Cc1ccc(CC(=O)N/N=C\c2ccc(-c3ccc(C)c(Br)c3)o2)c(C)c1. The number of hydrazone groups is 1. The average molecular weight is 425 g/mol. The predicted molar refractivity (Wildman–Crippen MR) is 112 cm³/mol. The van der Waals surface area contributed by atoms with Gasteiger partial charge in [0.15, 0.2) is 0 Å². The van der Waals surface area contributed by atoms with Gasteiger partial charge in [-0.2, -0.15) is 5.10 Å². The Balaban J connectivity index is 1.60. The summed E-state index contributed by atoms with van der Waals surface area (Å²) in [6.45, 7) is 6.08. The third-order valence-electron chi connectivity index (χ3n) is 4.31. The van der Waals surface area contributed by atoms with Crippen LogP contribution in [0.1, 0.15) is 28.0 Å². The summed E-state index contributed by atoms with van der Waals surface area (Å²) in [5.74, 6) is 1.17. The molecule has 5 heteroatoms. The van der Waals surface area contributed by atoms with Gasteiger partial charge in [0.2, 0.25) is 5.91 Å². The second kappa shape index (κ2) is 8.35. The van der Waals surface area contributed by atoms with Gasteiger partial charge in [-0.1, -0.05) is 51.8 Å². The molecule has 2 aromatic carbocycles. The van der Waals surface area contributed by atoms with Crippen LogP contribution in [0.15, 0.2) is 62.5 Å². The van der Waals surface area contributed by atoms with E-state index >= 15 is 0 Å². The Morgan fingerprint density at radius 2 is 1.89 bits per heavy atom. The number of rotatable bonds is 5. The van der Waals surface area contributed by atoms with Gasteiger partial charge < -0.3 is 4.42 Å². The number of aryl methyl sites for hydroxylation is 3. The third-order valence-corrected chi connectivity index (χ3v) is 5.17. The van der Waals surface area contributed by atoms with Gasteiger partial charge in [0.05, 0.1) is 12.6 Å². The number of halogens is 1.